The topological polar surface area (TPSA) is 29.5 Å². The Bertz CT molecular complexity index is 351. The third-order valence-corrected chi connectivity index (χ3v) is 2.89. The molecule has 1 amide bonds. The molecule has 0 saturated carbocycles. The van der Waals surface area contributed by atoms with Crippen LogP contribution in [0.5, 0.6) is 0 Å². The third kappa shape index (κ3) is 4.79. The second kappa shape index (κ2) is 7.35. The summed E-state index contributed by atoms with van der Waals surface area (Å²) in [6, 6.07) is 7.67. The summed E-state index contributed by atoms with van der Waals surface area (Å²) in [5.41, 5.74) is 1.02. The van der Waals surface area contributed by atoms with Gasteiger partial charge in [0.05, 0.1) is 13.0 Å². The normalized spacial score (nSPS) is 10.3. The van der Waals surface area contributed by atoms with E-state index in [0.717, 1.165) is 10.5 Å². The zero-order chi connectivity index (χ0) is 12.7. The van der Waals surface area contributed by atoms with Crippen LogP contribution in [0.25, 0.3) is 0 Å². The fourth-order valence-corrected chi connectivity index (χ4v) is 1.71. The molecule has 0 aliphatic heterocycles. The predicted molar refractivity (Wildman–Crippen MR) is 71.5 cm³/mol. The average Bonchev–Trinajstić information content (AvgIpc) is 2.33. The summed E-state index contributed by atoms with van der Waals surface area (Å²) in [5, 5.41) is 0. The smallest absolute Gasteiger partial charge is 0.227 e. The van der Waals surface area contributed by atoms with Crippen LogP contribution in [0.15, 0.2) is 29.2 Å². The first kappa shape index (κ1) is 14.1. The molecule has 0 aromatic heterocycles. The molecule has 0 saturated heterocycles. The van der Waals surface area contributed by atoms with E-state index in [2.05, 4.69) is 12.6 Å². The molecule has 0 atom stereocenters. The molecular formula is C13H19NO2S. The van der Waals surface area contributed by atoms with Crippen molar-refractivity contribution in [1.29, 1.82) is 0 Å². The number of hydrogen-bond donors (Lipinski definition) is 1. The number of carbonyl (C=O) groups excluding carboxylic acids is 1. The summed E-state index contributed by atoms with van der Waals surface area (Å²) in [4.78, 5) is 14.7. The molecule has 0 heterocycles. The van der Waals surface area contributed by atoms with E-state index in [1.54, 1.807) is 12.0 Å². The molecule has 1 aromatic carbocycles. The van der Waals surface area contributed by atoms with Gasteiger partial charge in [0.2, 0.25) is 5.91 Å². The molecule has 0 aliphatic carbocycles. The number of likely N-dealkylation sites (N-methyl/N-ethyl adjacent to an activating group) is 1. The number of ether oxygens (including phenoxy) is 1. The molecule has 4 heteroatoms. The van der Waals surface area contributed by atoms with Crippen LogP contribution in [0.3, 0.4) is 0 Å². The van der Waals surface area contributed by atoms with Gasteiger partial charge in [-0.05, 0) is 24.6 Å². The van der Waals surface area contributed by atoms with Crippen LogP contribution in [0.4, 0.5) is 0 Å². The van der Waals surface area contributed by atoms with Crippen molar-refractivity contribution in [3.05, 3.63) is 29.8 Å². The van der Waals surface area contributed by atoms with Crippen molar-refractivity contribution in [2.45, 2.75) is 18.2 Å². The van der Waals surface area contributed by atoms with E-state index in [-0.39, 0.29) is 5.91 Å². The van der Waals surface area contributed by atoms with Gasteiger partial charge in [-0.2, -0.15) is 0 Å². The Morgan fingerprint density at radius 2 is 2.00 bits per heavy atom. The highest BCUT2D eigenvalue weighted by Gasteiger charge is 2.11. The number of rotatable bonds is 6. The van der Waals surface area contributed by atoms with E-state index in [1.165, 1.54) is 0 Å². The zero-order valence-electron chi connectivity index (χ0n) is 10.3. The maximum Gasteiger partial charge on any atom is 0.227 e. The summed E-state index contributed by atoms with van der Waals surface area (Å²) in [7, 11) is 1.64. The maximum absolute atomic E-state index is 12.0. The number of benzene rings is 1. The van der Waals surface area contributed by atoms with E-state index in [0.29, 0.717) is 26.1 Å². The van der Waals surface area contributed by atoms with Gasteiger partial charge in [0, 0.05) is 25.1 Å². The fraction of sp³-hybridized carbons (Fsp3) is 0.462. The number of carbonyl (C=O) groups is 1. The second-order valence-electron chi connectivity index (χ2n) is 3.81. The summed E-state index contributed by atoms with van der Waals surface area (Å²) >= 11 is 4.22. The van der Waals surface area contributed by atoms with E-state index < -0.39 is 0 Å². The highest BCUT2D eigenvalue weighted by atomic mass is 32.1. The van der Waals surface area contributed by atoms with Gasteiger partial charge in [-0.1, -0.05) is 12.1 Å². The maximum atomic E-state index is 12.0. The van der Waals surface area contributed by atoms with Crippen LogP contribution in [-0.4, -0.2) is 37.6 Å². The standard InChI is InChI=1S/C13H19NO2S/c1-3-14(8-9-16-2)13(15)10-11-4-6-12(17)7-5-11/h4-7,17H,3,8-10H2,1-2H3. The quantitative estimate of drug-likeness (QED) is 0.786. The fourth-order valence-electron chi connectivity index (χ4n) is 1.56. The lowest BCUT2D eigenvalue weighted by Gasteiger charge is -2.20. The minimum atomic E-state index is 0.136. The van der Waals surface area contributed by atoms with Gasteiger partial charge >= 0.3 is 0 Å². The van der Waals surface area contributed by atoms with Gasteiger partial charge in [-0.25, -0.2) is 0 Å². The van der Waals surface area contributed by atoms with Crippen molar-refractivity contribution in [2.75, 3.05) is 26.8 Å². The Kier molecular flexibility index (Phi) is 6.08. The van der Waals surface area contributed by atoms with Crippen molar-refractivity contribution in [1.82, 2.24) is 4.90 Å². The lowest BCUT2D eigenvalue weighted by Crippen LogP contribution is -2.34. The van der Waals surface area contributed by atoms with Crippen molar-refractivity contribution >= 4 is 18.5 Å². The highest BCUT2D eigenvalue weighted by Crippen LogP contribution is 2.09. The molecule has 94 valence electrons. The average molecular weight is 253 g/mol. The predicted octanol–water partition coefficient (Wildman–Crippen LogP) is 2.01. The minimum Gasteiger partial charge on any atom is -0.383 e. The summed E-state index contributed by atoms with van der Waals surface area (Å²) in [5.74, 6) is 0.136. The SMILES string of the molecule is CCN(CCOC)C(=O)Cc1ccc(S)cc1. The number of amides is 1. The first-order valence-corrected chi connectivity index (χ1v) is 6.16. The Balaban J connectivity index is 2.54. The molecule has 1 rings (SSSR count). The lowest BCUT2D eigenvalue weighted by molar-refractivity contribution is -0.130. The monoisotopic (exact) mass is 253 g/mol. The van der Waals surface area contributed by atoms with Gasteiger partial charge in [0.25, 0.3) is 0 Å². The molecule has 17 heavy (non-hydrogen) atoms. The summed E-state index contributed by atoms with van der Waals surface area (Å²) < 4.78 is 4.99. The Hall–Kier alpha value is -1.00. The van der Waals surface area contributed by atoms with Crippen LogP contribution in [0.1, 0.15) is 12.5 Å². The van der Waals surface area contributed by atoms with E-state index in [4.69, 9.17) is 4.74 Å². The molecule has 3 nitrogen and oxygen atoms in total. The van der Waals surface area contributed by atoms with Crippen LogP contribution in [-0.2, 0) is 16.0 Å². The number of methoxy groups -OCH3 is 1. The van der Waals surface area contributed by atoms with Gasteiger partial charge in [0.1, 0.15) is 0 Å². The van der Waals surface area contributed by atoms with E-state index in [1.807, 2.05) is 31.2 Å². The van der Waals surface area contributed by atoms with Crippen LogP contribution >= 0.6 is 12.6 Å². The number of hydrogen-bond acceptors (Lipinski definition) is 3. The Morgan fingerprint density at radius 3 is 2.53 bits per heavy atom. The largest absolute Gasteiger partial charge is 0.383 e. The van der Waals surface area contributed by atoms with Gasteiger partial charge in [-0.15, -0.1) is 12.6 Å². The van der Waals surface area contributed by atoms with Gasteiger partial charge in [0.15, 0.2) is 0 Å². The highest BCUT2D eigenvalue weighted by molar-refractivity contribution is 7.80. The Morgan fingerprint density at radius 1 is 1.35 bits per heavy atom. The van der Waals surface area contributed by atoms with Gasteiger partial charge < -0.3 is 9.64 Å². The first-order valence-electron chi connectivity index (χ1n) is 5.72. The molecule has 0 radical (unpaired) electrons. The third-order valence-electron chi connectivity index (χ3n) is 2.59. The number of thiol groups is 1. The number of nitrogens with zero attached hydrogens (tertiary/aromatic N) is 1. The van der Waals surface area contributed by atoms with Crippen molar-refractivity contribution in [3.63, 3.8) is 0 Å². The van der Waals surface area contributed by atoms with Crippen LogP contribution in [0, 0.1) is 0 Å². The lowest BCUT2D eigenvalue weighted by atomic mass is 10.1. The first-order chi connectivity index (χ1) is 8.17. The molecule has 1 aromatic rings. The van der Waals surface area contributed by atoms with E-state index >= 15 is 0 Å². The summed E-state index contributed by atoms with van der Waals surface area (Å²) in [6.45, 7) is 3.92. The van der Waals surface area contributed by atoms with Crippen molar-refractivity contribution in [3.8, 4) is 0 Å². The van der Waals surface area contributed by atoms with Crippen molar-refractivity contribution in [2.24, 2.45) is 0 Å². The molecule has 0 fully saturated rings. The molecule has 0 aliphatic rings. The zero-order valence-corrected chi connectivity index (χ0v) is 11.2. The minimum absolute atomic E-state index is 0.136. The molecular weight excluding hydrogens is 234 g/mol. The molecule has 0 unspecified atom stereocenters. The van der Waals surface area contributed by atoms with Gasteiger partial charge in [-0.3, -0.25) is 4.79 Å². The Labute approximate surface area is 108 Å². The van der Waals surface area contributed by atoms with Crippen LogP contribution in [0.2, 0.25) is 0 Å². The summed E-state index contributed by atoms with van der Waals surface area (Å²) in [6.07, 6.45) is 0.436. The molecule has 0 N–H and O–H groups in total. The second-order valence-corrected chi connectivity index (χ2v) is 4.33. The molecule has 0 spiro atoms. The van der Waals surface area contributed by atoms with Crippen LogP contribution < -0.4 is 0 Å². The molecule has 0 bridgehead atoms. The van der Waals surface area contributed by atoms with Crippen molar-refractivity contribution < 1.29 is 9.53 Å². The van der Waals surface area contributed by atoms with E-state index in [9.17, 15) is 4.79 Å².